The van der Waals surface area contributed by atoms with Crippen molar-refractivity contribution in [2.45, 2.75) is 13.3 Å². The van der Waals surface area contributed by atoms with Gasteiger partial charge < -0.3 is 4.42 Å². The summed E-state index contributed by atoms with van der Waals surface area (Å²) in [5.41, 5.74) is 3.54. The van der Waals surface area contributed by atoms with Gasteiger partial charge in [0.15, 0.2) is 11.5 Å². The molecular weight excluding hydrogens is 314 g/mol. The van der Waals surface area contributed by atoms with Crippen molar-refractivity contribution < 1.29 is 17.4 Å². The van der Waals surface area contributed by atoms with E-state index in [9.17, 15) is 8.42 Å². The SMILES string of the molecule is CC(Cc1nc2cc(-c3ccccc3)ccc2o1)CS(=O)(=O)O. The summed E-state index contributed by atoms with van der Waals surface area (Å²) in [6.45, 7) is 1.73. The van der Waals surface area contributed by atoms with Gasteiger partial charge in [-0.15, -0.1) is 0 Å². The highest BCUT2D eigenvalue weighted by molar-refractivity contribution is 7.85. The molecule has 0 amide bonds. The van der Waals surface area contributed by atoms with Crippen LogP contribution in [0.2, 0.25) is 0 Å². The molecule has 0 bridgehead atoms. The summed E-state index contributed by atoms with van der Waals surface area (Å²) in [5.74, 6) is -0.103. The maximum absolute atomic E-state index is 10.9. The van der Waals surface area contributed by atoms with Gasteiger partial charge in [0.1, 0.15) is 5.52 Å². The molecule has 0 spiro atoms. The molecule has 23 heavy (non-hydrogen) atoms. The van der Waals surface area contributed by atoms with Crippen LogP contribution >= 0.6 is 0 Å². The van der Waals surface area contributed by atoms with Gasteiger partial charge in [-0.05, 0) is 29.2 Å². The van der Waals surface area contributed by atoms with E-state index in [0.29, 0.717) is 17.9 Å². The second-order valence-corrected chi connectivity index (χ2v) is 7.21. The van der Waals surface area contributed by atoms with Crippen molar-refractivity contribution in [3.8, 4) is 11.1 Å². The third-order valence-corrected chi connectivity index (χ3v) is 4.55. The average Bonchev–Trinajstić information content (AvgIpc) is 2.87. The van der Waals surface area contributed by atoms with E-state index in [1.54, 1.807) is 6.92 Å². The lowest BCUT2D eigenvalue weighted by Crippen LogP contribution is -2.14. The molecule has 0 aliphatic carbocycles. The van der Waals surface area contributed by atoms with Crippen LogP contribution in [0.1, 0.15) is 12.8 Å². The highest BCUT2D eigenvalue weighted by atomic mass is 32.2. The maximum atomic E-state index is 10.9. The van der Waals surface area contributed by atoms with Crippen molar-refractivity contribution in [3.63, 3.8) is 0 Å². The van der Waals surface area contributed by atoms with E-state index in [-0.39, 0.29) is 11.7 Å². The minimum absolute atomic E-state index is 0.272. The standard InChI is InChI=1S/C17H17NO4S/c1-12(11-23(19,20)21)9-17-18-15-10-14(7-8-16(15)22-17)13-5-3-2-4-6-13/h2-8,10,12H,9,11H2,1H3,(H,19,20,21). The van der Waals surface area contributed by atoms with Crippen LogP contribution in [0.25, 0.3) is 22.2 Å². The molecule has 0 aliphatic rings. The van der Waals surface area contributed by atoms with Crippen LogP contribution in [-0.2, 0) is 16.5 Å². The molecule has 0 radical (unpaired) electrons. The number of hydrogen-bond acceptors (Lipinski definition) is 4. The van der Waals surface area contributed by atoms with E-state index < -0.39 is 10.1 Å². The topological polar surface area (TPSA) is 80.4 Å². The molecule has 0 aliphatic heterocycles. The lowest BCUT2D eigenvalue weighted by Gasteiger charge is -2.05. The van der Waals surface area contributed by atoms with Crippen LogP contribution in [0, 0.1) is 5.92 Å². The van der Waals surface area contributed by atoms with Gasteiger partial charge in [0.05, 0.1) is 5.75 Å². The van der Waals surface area contributed by atoms with Crippen molar-refractivity contribution in [2.75, 3.05) is 5.75 Å². The number of aromatic nitrogens is 1. The fourth-order valence-electron chi connectivity index (χ4n) is 2.59. The zero-order chi connectivity index (χ0) is 16.4. The number of oxazole rings is 1. The number of hydrogen-bond donors (Lipinski definition) is 1. The fourth-order valence-corrected chi connectivity index (χ4v) is 3.43. The summed E-state index contributed by atoms with van der Waals surface area (Å²) in [7, 11) is -3.99. The van der Waals surface area contributed by atoms with Crippen molar-refractivity contribution in [2.24, 2.45) is 5.92 Å². The summed E-state index contributed by atoms with van der Waals surface area (Å²) in [5, 5.41) is 0. The number of fused-ring (bicyclic) bond motifs is 1. The lowest BCUT2D eigenvalue weighted by molar-refractivity contribution is 0.450. The first-order valence-corrected chi connectivity index (χ1v) is 8.92. The smallest absolute Gasteiger partial charge is 0.265 e. The Morgan fingerprint density at radius 3 is 2.57 bits per heavy atom. The summed E-state index contributed by atoms with van der Waals surface area (Å²) >= 11 is 0. The van der Waals surface area contributed by atoms with Crippen LogP contribution in [0.4, 0.5) is 0 Å². The van der Waals surface area contributed by atoms with E-state index in [2.05, 4.69) is 4.98 Å². The number of nitrogens with zero attached hydrogens (tertiary/aromatic N) is 1. The molecule has 1 unspecified atom stereocenters. The lowest BCUT2D eigenvalue weighted by atomic mass is 10.1. The molecule has 1 N–H and O–H groups in total. The minimum Gasteiger partial charge on any atom is -0.441 e. The van der Waals surface area contributed by atoms with Crippen LogP contribution in [-0.4, -0.2) is 23.7 Å². The highest BCUT2D eigenvalue weighted by Crippen LogP contribution is 2.25. The number of rotatable bonds is 5. The molecule has 1 heterocycles. The average molecular weight is 331 g/mol. The highest BCUT2D eigenvalue weighted by Gasteiger charge is 2.16. The molecule has 0 saturated heterocycles. The van der Waals surface area contributed by atoms with Crippen molar-refractivity contribution >= 4 is 21.2 Å². The zero-order valence-electron chi connectivity index (χ0n) is 12.6. The molecule has 0 saturated carbocycles. The second kappa shape index (κ2) is 6.14. The monoisotopic (exact) mass is 331 g/mol. The largest absolute Gasteiger partial charge is 0.441 e. The van der Waals surface area contributed by atoms with Gasteiger partial charge in [-0.25, -0.2) is 4.98 Å². The van der Waals surface area contributed by atoms with E-state index in [1.807, 2.05) is 48.5 Å². The first-order valence-electron chi connectivity index (χ1n) is 7.31. The van der Waals surface area contributed by atoms with Crippen molar-refractivity contribution in [3.05, 3.63) is 54.4 Å². The Kier molecular flexibility index (Phi) is 4.19. The number of benzene rings is 2. The van der Waals surface area contributed by atoms with Crippen LogP contribution in [0.5, 0.6) is 0 Å². The van der Waals surface area contributed by atoms with Gasteiger partial charge in [-0.1, -0.05) is 43.3 Å². The predicted octanol–water partition coefficient (Wildman–Crippen LogP) is 3.56. The molecule has 120 valence electrons. The fraction of sp³-hybridized carbons (Fsp3) is 0.235. The van der Waals surface area contributed by atoms with Crippen LogP contribution in [0.3, 0.4) is 0 Å². The third-order valence-electron chi connectivity index (χ3n) is 3.56. The minimum atomic E-state index is -3.99. The second-order valence-electron chi connectivity index (χ2n) is 5.71. The summed E-state index contributed by atoms with van der Waals surface area (Å²) in [6, 6.07) is 15.7. The van der Waals surface area contributed by atoms with E-state index in [1.165, 1.54) is 0 Å². The molecule has 5 nitrogen and oxygen atoms in total. The summed E-state index contributed by atoms with van der Waals surface area (Å²) in [4.78, 5) is 4.43. The van der Waals surface area contributed by atoms with E-state index in [0.717, 1.165) is 16.6 Å². The molecule has 2 aromatic carbocycles. The third kappa shape index (κ3) is 3.97. The van der Waals surface area contributed by atoms with Crippen molar-refractivity contribution in [1.82, 2.24) is 4.98 Å². The van der Waals surface area contributed by atoms with Gasteiger partial charge in [-0.3, -0.25) is 4.55 Å². The van der Waals surface area contributed by atoms with Crippen LogP contribution < -0.4 is 0 Å². The Hall–Kier alpha value is -2.18. The first kappa shape index (κ1) is 15.7. The molecule has 6 heteroatoms. The predicted molar refractivity (Wildman–Crippen MR) is 88.7 cm³/mol. The van der Waals surface area contributed by atoms with Gasteiger partial charge in [0.2, 0.25) is 0 Å². The molecule has 3 rings (SSSR count). The summed E-state index contributed by atoms with van der Waals surface area (Å²) in [6.07, 6.45) is 0.356. The molecule has 1 aromatic heterocycles. The van der Waals surface area contributed by atoms with Gasteiger partial charge in [0, 0.05) is 6.42 Å². The molecule has 0 fully saturated rings. The first-order chi connectivity index (χ1) is 10.9. The Labute approximate surface area is 134 Å². The van der Waals surface area contributed by atoms with E-state index >= 15 is 0 Å². The normalized spacial score (nSPS) is 13.3. The summed E-state index contributed by atoms with van der Waals surface area (Å²) < 4.78 is 36.4. The Bertz CT molecular complexity index is 916. The van der Waals surface area contributed by atoms with Crippen LogP contribution in [0.15, 0.2) is 52.9 Å². The Morgan fingerprint density at radius 2 is 1.87 bits per heavy atom. The van der Waals surface area contributed by atoms with Gasteiger partial charge in [0.25, 0.3) is 10.1 Å². The van der Waals surface area contributed by atoms with E-state index in [4.69, 9.17) is 8.97 Å². The maximum Gasteiger partial charge on any atom is 0.265 e. The zero-order valence-corrected chi connectivity index (χ0v) is 13.5. The Balaban J connectivity index is 1.85. The van der Waals surface area contributed by atoms with Gasteiger partial charge in [-0.2, -0.15) is 8.42 Å². The van der Waals surface area contributed by atoms with Crippen molar-refractivity contribution in [1.29, 1.82) is 0 Å². The molecule has 1 atom stereocenters. The molecular formula is C17H17NO4S. The quantitative estimate of drug-likeness (QED) is 0.723. The van der Waals surface area contributed by atoms with Gasteiger partial charge >= 0.3 is 0 Å². The Morgan fingerprint density at radius 1 is 1.13 bits per heavy atom. The molecule has 3 aromatic rings.